The Balaban J connectivity index is 2.11. The molecule has 3 aliphatic rings. The molecule has 16 heavy (non-hydrogen) atoms. The highest BCUT2D eigenvalue weighted by Crippen LogP contribution is 2.46. The van der Waals surface area contributed by atoms with Crippen molar-refractivity contribution in [2.45, 2.75) is 18.8 Å². The third-order valence-corrected chi connectivity index (χ3v) is 4.68. The van der Waals surface area contributed by atoms with Crippen molar-refractivity contribution in [2.75, 3.05) is 18.0 Å². The summed E-state index contributed by atoms with van der Waals surface area (Å²) >= 11 is 3.63. The van der Waals surface area contributed by atoms with Crippen LogP contribution in [0.25, 0.3) is 10.9 Å². The topological polar surface area (TPSA) is 19.0 Å². The maximum Gasteiger partial charge on any atom is 0.110 e. The zero-order chi connectivity index (χ0) is 10.7. The number of halogens is 1. The number of piperidine rings is 1. The molecule has 1 fully saturated rings. The van der Waals surface area contributed by atoms with E-state index in [0.29, 0.717) is 0 Å². The van der Waals surface area contributed by atoms with Gasteiger partial charge in [-0.1, -0.05) is 12.1 Å². The van der Waals surface area contributed by atoms with Gasteiger partial charge in [-0.15, -0.1) is 0 Å². The lowest BCUT2D eigenvalue weighted by molar-refractivity contribution is 0.475. The van der Waals surface area contributed by atoms with Gasteiger partial charge in [0, 0.05) is 28.5 Å². The van der Waals surface area contributed by atoms with E-state index in [9.17, 15) is 0 Å². The largest absolute Gasteiger partial charge is 0.358 e. The van der Waals surface area contributed by atoms with Crippen LogP contribution in [-0.2, 0) is 0 Å². The summed E-state index contributed by atoms with van der Waals surface area (Å²) in [5, 5.41) is 1.42. The molecule has 0 saturated carbocycles. The van der Waals surface area contributed by atoms with E-state index in [2.05, 4.69) is 44.0 Å². The van der Waals surface area contributed by atoms with Crippen LogP contribution in [0.5, 0.6) is 0 Å². The average Bonchev–Trinajstić information content (AvgIpc) is 2.74. The molecule has 4 heterocycles. The first kappa shape index (κ1) is 9.11. The molecule has 0 atom stereocenters. The van der Waals surface area contributed by atoms with Crippen molar-refractivity contribution < 1.29 is 0 Å². The summed E-state index contributed by atoms with van der Waals surface area (Å²) in [7, 11) is 0. The van der Waals surface area contributed by atoms with Crippen LogP contribution >= 0.6 is 15.9 Å². The fraction of sp³-hybridized carbons (Fsp3) is 0.385. The van der Waals surface area contributed by atoms with Crippen molar-refractivity contribution >= 4 is 32.7 Å². The number of hydrogen-bond donors (Lipinski definition) is 1. The van der Waals surface area contributed by atoms with Crippen molar-refractivity contribution in [1.29, 1.82) is 0 Å². The molecule has 2 bridgehead atoms. The Morgan fingerprint density at radius 1 is 1.25 bits per heavy atom. The lowest BCUT2D eigenvalue weighted by atomic mass is 9.84. The molecule has 2 aromatic rings. The SMILES string of the molecule is Brc1cccc2c3c([nH]c12)N1CCC3CC1. The van der Waals surface area contributed by atoms with Gasteiger partial charge in [0.1, 0.15) is 5.82 Å². The molecular weight excluding hydrogens is 264 g/mol. The quantitative estimate of drug-likeness (QED) is 0.779. The fourth-order valence-electron chi connectivity index (χ4n) is 3.24. The van der Waals surface area contributed by atoms with Crippen LogP contribution in [0.2, 0.25) is 0 Å². The highest BCUT2D eigenvalue weighted by molar-refractivity contribution is 9.10. The van der Waals surface area contributed by atoms with Gasteiger partial charge in [-0.05, 0) is 40.8 Å². The lowest BCUT2D eigenvalue weighted by Crippen LogP contribution is -2.38. The van der Waals surface area contributed by atoms with Gasteiger partial charge in [0.25, 0.3) is 0 Å². The van der Waals surface area contributed by atoms with E-state index in [1.807, 2.05) is 0 Å². The number of anilines is 1. The predicted molar refractivity (Wildman–Crippen MR) is 70.2 cm³/mol. The van der Waals surface area contributed by atoms with E-state index in [4.69, 9.17) is 0 Å². The molecule has 3 aliphatic heterocycles. The molecule has 0 radical (unpaired) electrons. The molecule has 2 nitrogen and oxygen atoms in total. The second-order valence-electron chi connectivity index (χ2n) is 4.81. The minimum atomic E-state index is 0.781. The zero-order valence-electron chi connectivity index (χ0n) is 8.96. The molecule has 1 saturated heterocycles. The smallest absolute Gasteiger partial charge is 0.110 e. The highest BCUT2D eigenvalue weighted by Gasteiger charge is 2.33. The summed E-state index contributed by atoms with van der Waals surface area (Å²) in [4.78, 5) is 6.10. The Hall–Kier alpha value is -0.960. The Morgan fingerprint density at radius 3 is 2.88 bits per heavy atom. The van der Waals surface area contributed by atoms with Crippen molar-refractivity contribution in [1.82, 2.24) is 4.98 Å². The second-order valence-corrected chi connectivity index (χ2v) is 5.67. The average molecular weight is 277 g/mol. The number of benzene rings is 1. The van der Waals surface area contributed by atoms with E-state index < -0.39 is 0 Å². The monoisotopic (exact) mass is 276 g/mol. The number of nitrogens with zero attached hydrogens (tertiary/aromatic N) is 1. The minimum absolute atomic E-state index is 0.781. The standard InChI is InChI=1S/C13H13BrN2/c14-10-3-1-2-9-11-8-4-6-16(7-5-8)13(11)15-12(9)10/h1-3,8,15H,4-7H2. The molecule has 0 spiro atoms. The summed E-state index contributed by atoms with van der Waals surface area (Å²) in [5.41, 5.74) is 2.83. The number of para-hydroxylation sites is 1. The van der Waals surface area contributed by atoms with Gasteiger partial charge in [-0.3, -0.25) is 0 Å². The number of hydrogen-bond acceptors (Lipinski definition) is 1. The Labute approximate surface area is 103 Å². The Bertz CT molecular complexity index is 565. The normalized spacial score (nSPS) is 19.4. The molecular formula is C13H13BrN2. The molecule has 0 amide bonds. The summed E-state index contributed by atoms with van der Waals surface area (Å²) in [6.07, 6.45) is 2.65. The van der Waals surface area contributed by atoms with Gasteiger partial charge < -0.3 is 9.88 Å². The van der Waals surface area contributed by atoms with Crippen LogP contribution in [0.15, 0.2) is 22.7 Å². The van der Waals surface area contributed by atoms with E-state index >= 15 is 0 Å². The minimum Gasteiger partial charge on any atom is -0.358 e. The van der Waals surface area contributed by atoms with Crippen LogP contribution in [0.4, 0.5) is 5.82 Å². The zero-order valence-corrected chi connectivity index (χ0v) is 10.5. The first-order chi connectivity index (χ1) is 7.84. The Morgan fingerprint density at radius 2 is 2.06 bits per heavy atom. The Kier molecular flexibility index (Phi) is 1.73. The molecule has 0 unspecified atom stereocenters. The summed E-state index contributed by atoms with van der Waals surface area (Å²) in [6, 6.07) is 6.50. The third-order valence-electron chi connectivity index (χ3n) is 4.02. The van der Waals surface area contributed by atoms with Gasteiger partial charge in [-0.2, -0.15) is 0 Å². The molecule has 0 aliphatic carbocycles. The van der Waals surface area contributed by atoms with Gasteiger partial charge in [0.05, 0.1) is 5.52 Å². The van der Waals surface area contributed by atoms with E-state index in [0.717, 1.165) is 5.92 Å². The van der Waals surface area contributed by atoms with E-state index in [-0.39, 0.29) is 0 Å². The number of fused-ring (bicyclic) bond motifs is 3. The van der Waals surface area contributed by atoms with Gasteiger partial charge in [0.15, 0.2) is 0 Å². The maximum absolute atomic E-state index is 3.63. The third kappa shape index (κ3) is 1.02. The number of H-pyrrole nitrogens is 1. The first-order valence-corrected chi connectivity index (χ1v) is 6.69. The van der Waals surface area contributed by atoms with Crippen LogP contribution in [0.3, 0.4) is 0 Å². The number of rotatable bonds is 0. The van der Waals surface area contributed by atoms with E-state index in [1.165, 1.54) is 47.1 Å². The van der Waals surface area contributed by atoms with Crippen molar-refractivity contribution in [2.24, 2.45) is 0 Å². The van der Waals surface area contributed by atoms with Crippen molar-refractivity contribution in [3.63, 3.8) is 0 Å². The van der Waals surface area contributed by atoms with Crippen LogP contribution in [0.1, 0.15) is 24.3 Å². The van der Waals surface area contributed by atoms with Crippen LogP contribution < -0.4 is 4.90 Å². The molecule has 1 aromatic heterocycles. The molecule has 1 N–H and O–H groups in total. The van der Waals surface area contributed by atoms with E-state index in [1.54, 1.807) is 5.56 Å². The summed E-state index contributed by atoms with van der Waals surface area (Å²) < 4.78 is 1.18. The molecule has 82 valence electrons. The van der Waals surface area contributed by atoms with Gasteiger partial charge >= 0.3 is 0 Å². The highest BCUT2D eigenvalue weighted by atomic mass is 79.9. The molecule has 1 aromatic carbocycles. The van der Waals surface area contributed by atoms with Crippen LogP contribution in [0, 0.1) is 0 Å². The molecule has 3 heteroatoms. The van der Waals surface area contributed by atoms with Crippen molar-refractivity contribution in [3.05, 3.63) is 28.2 Å². The summed E-state index contributed by atoms with van der Waals surface area (Å²) in [6.45, 7) is 2.45. The summed E-state index contributed by atoms with van der Waals surface area (Å²) in [5.74, 6) is 2.16. The van der Waals surface area contributed by atoms with Crippen LogP contribution in [-0.4, -0.2) is 18.1 Å². The predicted octanol–water partition coefficient (Wildman–Crippen LogP) is 3.63. The number of aromatic amines is 1. The van der Waals surface area contributed by atoms with Gasteiger partial charge in [0.2, 0.25) is 0 Å². The van der Waals surface area contributed by atoms with Gasteiger partial charge in [-0.25, -0.2) is 0 Å². The second kappa shape index (κ2) is 3.04. The number of nitrogens with one attached hydrogen (secondary N) is 1. The maximum atomic E-state index is 3.63. The fourth-order valence-corrected chi connectivity index (χ4v) is 3.71. The lowest BCUT2D eigenvalue weighted by Gasteiger charge is -2.40. The molecule has 5 rings (SSSR count). The first-order valence-electron chi connectivity index (χ1n) is 5.89. The van der Waals surface area contributed by atoms with Crippen molar-refractivity contribution in [3.8, 4) is 0 Å². The number of aromatic nitrogens is 1.